The fraction of sp³-hybridized carbons (Fsp3) is 0.357. The predicted molar refractivity (Wildman–Crippen MR) is 72.7 cm³/mol. The maximum Gasteiger partial charge on any atom is 0.234 e. The molecule has 5 nitrogen and oxygen atoms in total. The van der Waals surface area contributed by atoms with Crippen LogP contribution in [0.25, 0.3) is 10.9 Å². The van der Waals surface area contributed by atoms with Crippen LogP contribution in [0.4, 0.5) is 0 Å². The number of hydrogen-bond acceptors (Lipinski definition) is 4. The Morgan fingerprint density at radius 1 is 1.42 bits per heavy atom. The van der Waals surface area contributed by atoms with Crippen LogP contribution in [0.2, 0.25) is 0 Å². The van der Waals surface area contributed by atoms with E-state index in [9.17, 15) is 4.79 Å². The van der Waals surface area contributed by atoms with E-state index in [0.29, 0.717) is 19.6 Å². The van der Waals surface area contributed by atoms with Crippen LogP contribution in [0.15, 0.2) is 23.2 Å². The molecule has 0 aliphatic rings. The third kappa shape index (κ3) is 2.77. The lowest BCUT2D eigenvalue weighted by Crippen LogP contribution is -1.97. The summed E-state index contributed by atoms with van der Waals surface area (Å²) in [6.45, 7) is 2.90. The number of aliphatic imine (C=N–C) groups is 1. The van der Waals surface area contributed by atoms with Gasteiger partial charge in [-0.2, -0.15) is 0 Å². The van der Waals surface area contributed by atoms with Crippen LogP contribution in [-0.2, 0) is 11.2 Å². The smallest absolute Gasteiger partial charge is 0.234 e. The zero-order valence-electron chi connectivity index (χ0n) is 11.0. The number of H-pyrrole nitrogens is 1. The van der Waals surface area contributed by atoms with Gasteiger partial charge in [0.2, 0.25) is 6.08 Å². The fourth-order valence-corrected chi connectivity index (χ4v) is 2.06. The van der Waals surface area contributed by atoms with Crippen LogP contribution in [0.1, 0.15) is 12.5 Å². The van der Waals surface area contributed by atoms with Gasteiger partial charge in [-0.15, -0.1) is 0 Å². The minimum atomic E-state index is 0.397. The molecule has 0 amide bonds. The summed E-state index contributed by atoms with van der Waals surface area (Å²) in [4.78, 5) is 17.0. The number of benzene rings is 1. The van der Waals surface area contributed by atoms with Gasteiger partial charge in [-0.1, -0.05) is 0 Å². The molecular formula is C14H16N2O3. The highest BCUT2D eigenvalue weighted by Crippen LogP contribution is 2.31. The first kappa shape index (κ1) is 13.2. The van der Waals surface area contributed by atoms with Gasteiger partial charge in [-0.3, -0.25) is 0 Å². The monoisotopic (exact) mass is 260 g/mol. The summed E-state index contributed by atoms with van der Waals surface area (Å²) in [7, 11) is 1.63. The van der Waals surface area contributed by atoms with Gasteiger partial charge in [0.15, 0.2) is 5.88 Å². The molecule has 0 spiro atoms. The summed E-state index contributed by atoms with van der Waals surface area (Å²) in [5.41, 5.74) is 1.99. The average Bonchev–Trinajstić information content (AvgIpc) is 2.77. The lowest BCUT2D eigenvalue weighted by atomic mass is 10.1. The van der Waals surface area contributed by atoms with E-state index in [0.717, 1.165) is 28.1 Å². The van der Waals surface area contributed by atoms with Gasteiger partial charge < -0.3 is 14.5 Å². The SMILES string of the molecule is CCOc1[nH]c2ccc(OC)cc2c1CCN=C=O. The lowest BCUT2D eigenvalue weighted by Gasteiger charge is -2.04. The molecule has 0 saturated carbocycles. The first-order valence-electron chi connectivity index (χ1n) is 6.15. The molecule has 0 aliphatic carbocycles. The van der Waals surface area contributed by atoms with Crippen molar-refractivity contribution in [2.24, 2.45) is 4.99 Å². The molecule has 100 valence electrons. The number of ether oxygens (including phenoxy) is 2. The molecule has 0 bridgehead atoms. The molecule has 0 fully saturated rings. The van der Waals surface area contributed by atoms with Gasteiger partial charge in [0.1, 0.15) is 5.75 Å². The maximum atomic E-state index is 10.2. The van der Waals surface area contributed by atoms with Gasteiger partial charge in [-0.05, 0) is 31.5 Å². The minimum Gasteiger partial charge on any atom is -0.497 e. The van der Waals surface area contributed by atoms with E-state index in [4.69, 9.17) is 9.47 Å². The number of aromatic nitrogens is 1. The van der Waals surface area contributed by atoms with Crippen LogP contribution in [0.5, 0.6) is 11.6 Å². The van der Waals surface area contributed by atoms with E-state index >= 15 is 0 Å². The normalized spacial score (nSPS) is 10.2. The highest BCUT2D eigenvalue weighted by Gasteiger charge is 2.13. The van der Waals surface area contributed by atoms with Crippen molar-refractivity contribution in [2.45, 2.75) is 13.3 Å². The fourth-order valence-electron chi connectivity index (χ4n) is 2.06. The number of methoxy groups -OCH3 is 1. The Balaban J connectivity index is 2.46. The van der Waals surface area contributed by atoms with Gasteiger partial charge in [-0.25, -0.2) is 9.79 Å². The molecule has 1 aromatic carbocycles. The van der Waals surface area contributed by atoms with Crippen molar-refractivity contribution in [2.75, 3.05) is 20.3 Å². The maximum absolute atomic E-state index is 10.2. The molecule has 1 aromatic heterocycles. The van der Waals surface area contributed by atoms with Crippen molar-refractivity contribution < 1.29 is 14.3 Å². The zero-order valence-corrected chi connectivity index (χ0v) is 11.0. The van der Waals surface area contributed by atoms with Crippen molar-refractivity contribution in [3.05, 3.63) is 23.8 Å². The zero-order chi connectivity index (χ0) is 13.7. The van der Waals surface area contributed by atoms with Gasteiger partial charge >= 0.3 is 0 Å². The van der Waals surface area contributed by atoms with Crippen LogP contribution in [0, 0.1) is 0 Å². The third-order valence-electron chi connectivity index (χ3n) is 2.90. The van der Waals surface area contributed by atoms with Crippen LogP contribution < -0.4 is 9.47 Å². The Labute approximate surface area is 111 Å². The van der Waals surface area contributed by atoms with Crippen LogP contribution >= 0.6 is 0 Å². The topological polar surface area (TPSA) is 63.7 Å². The highest BCUT2D eigenvalue weighted by atomic mass is 16.5. The molecule has 0 saturated heterocycles. The van der Waals surface area contributed by atoms with Crippen molar-refractivity contribution in [1.82, 2.24) is 4.98 Å². The second-order valence-electron chi connectivity index (χ2n) is 4.00. The highest BCUT2D eigenvalue weighted by molar-refractivity contribution is 5.87. The summed E-state index contributed by atoms with van der Waals surface area (Å²) in [5.74, 6) is 1.52. The molecule has 1 heterocycles. The number of rotatable bonds is 6. The summed E-state index contributed by atoms with van der Waals surface area (Å²) in [6.07, 6.45) is 2.17. The Morgan fingerprint density at radius 3 is 2.95 bits per heavy atom. The number of hydrogen-bond donors (Lipinski definition) is 1. The second kappa shape index (κ2) is 6.07. The molecular weight excluding hydrogens is 244 g/mol. The van der Waals surface area contributed by atoms with E-state index in [2.05, 4.69) is 9.98 Å². The molecule has 0 atom stereocenters. The largest absolute Gasteiger partial charge is 0.497 e. The van der Waals surface area contributed by atoms with Crippen molar-refractivity contribution in [1.29, 1.82) is 0 Å². The number of aromatic amines is 1. The van der Waals surface area contributed by atoms with E-state index in [-0.39, 0.29) is 0 Å². The lowest BCUT2D eigenvalue weighted by molar-refractivity contribution is 0.326. The quantitative estimate of drug-likeness (QED) is 0.641. The summed E-state index contributed by atoms with van der Waals surface area (Å²) in [5, 5.41) is 1.03. The van der Waals surface area contributed by atoms with E-state index < -0.39 is 0 Å². The Morgan fingerprint density at radius 2 is 2.26 bits per heavy atom. The Kier molecular flexibility index (Phi) is 4.21. The van der Waals surface area contributed by atoms with E-state index in [1.807, 2.05) is 25.1 Å². The van der Waals surface area contributed by atoms with Gasteiger partial charge in [0.25, 0.3) is 0 Å². The second-order valence-corrected chi connectivity index (χ2v) is 4.00. The van der Waals surface area contributed by atoms with E-state index in [1.54, 1.807) is 13.2 Å². The van der Waals surface area contributed by atoms with Crippen molar-refractivity contribution in [3.8, 4) is 11.6 Å². The number of carbonyl (C=O) groups excluding carboxylic acids is 1. The number of fused-ring (bicyclic) bond motifs is 1. The van der Waals surface area contributed by atoms with Crippen LogP contribution in [-0.4, -0.2) is 31.3 Å². The van der Waals surface area contributed by atoms with Crippen molar-refractivity contribution in [3.63, 3.8) is 0 Å². The molecule has 5 heteroatoms. The molecule has 0 radical (unpaired) electrons. The molecule has 19 heavy (non-hydrogen) atoms. The first-order valence-corrected chi connectivity index (χ1v) is 6.15. The predicted octanol–water partition coefficient (Wildman–Crippen LogP) is 2.45. The molecule has 2 rings (SSSR count). The summed E-state index contributed by atoms with van der Waals surface area (Å²) < 4.78 is 10.8. The average molecular weight is 260 g/mol. The summed E-state index contributed by atoms with van der Waals surface area (Å²) >= 11 is 0. The minimum absolute atomic E-state index is 0.397. The molecule has 1 N–H and O–H groups in total. The molecule has 0 aliphatic heterocycles. The van der Waals surface area contributed by atoms with Gasteiger partial charge in [0, 0.05) is 16.5 Å². The van der Waals surface area contributed by atoms with E-state index in [1.165, 1.54) is 0 Å². The Hall–Kier alpha value is -2.26. The Bertz CT molecular complexity index is 612. The number of nitrogens with one attached hydrogen (secondary N) is 1. The third-order valence-corrected chi connectivity index (χ3v) is 2.90. The standard InChI is InChI=1S/C14H16N2O3/c1-3-19-14-11(6-7-15-9-17)12-8-10(18-2)4-5-13(12)16-14/h4-5,8,16H,3,6-7H2,1-2H3. The van der Waals surface area contributed by atoms with Crippen molar-refractivity contribution >= 4 is 17.0 Å². The summed E-state index contributed by atoms with van der Waals surface area (Å²) in [6, 6.07) is 5.79. The first-order chi connectivity index (χ1) is 9.30. The molecule has 0 unspecified atom stereocenters. The van der Waals surface area contributed by atoms with Crippen LogP contribution in [0.3, 0.4) is 0 Å². The van der Waals surface area contributed by atoms with Gasteiger partial charge in [0.05, 0.1) is 20.3 Å². The number of isocyanates is 1. The molecule has 2 aromatic rings. The number of nitrogens with zero attached hydrogens (tertiary/aromatic N) is 1.